The molecule has 2 aromatic carbocycles. The number of hydrogen-bond acceptors (Lipinski definition) is 5. The zero-order chi connectivity index (χ0) is 23.8. The Labute approximate surface area is 193 Å². The fourth-order valence-corrected chi connectivity index (χ4v) is 4.10. The van der Waals surface area contributed by atoms with Crippen LogP contribution in [0.15, 0.2) is 76.9 Å². The van der Waals surface area contributed by atoms with Crippen LogP contribution in [0.3, 0.4) is 0 Å². The average molecular weight is 446 g/mol. The van der Waals surface area contributed by atoms with E-state index >= 15 is 0 Å². The van der Waals surface area contributed by atoms with Gasteiger partial charge >= 0.3 is 0 Å². The van der Waals surface area contributed by atoms with Crippen LogP contribution >= 0.6 is 0 Å². The molecule has 0 aliphatic carbocycles. The lowest BCUT2D eigenvalue weighted by Crippen LogP contribution is -2.29. The van der Waals surface area contributed by atoms with E-state index in [-0.39, 0.29) is 23.3 Å². The molecule has 1 saturated heterocycles. The van der Waals surface area contributed by atoms with Crippen molar-refractivity contribution in [3.8, 4) is 5.75 Å². The van der Waals surface area contributed by atoms with Gasteiger partial charge in [0, 0.05) is 0 Å². The van der Waals surface area contributed by atoms with Crippen molar-refractivity contribution in [1.29, 1.82) is 0 Å². The quantitative estimate of drug-likeness (QED) is 0.331. The largest absolute Gasteiger partial charge is 0.507 e. The second-order valence-electron chi connectivity index (χ2n) is 9.08. The highest BCUT2D eigenvalue weighted by Crippen LogP contribution is 2.42. The first-order valence-electron chi connectivity index (χ1n) is 10.8. The molecular formula is C27H27NO5. The summed E-state index contributed by atoms with van der Waals surface area (Å²) in [6.07, 6.45) is 1.52. The van der Waals surface area contributed by atoms with Gasteiger partial charge in [-0.05, 0) is 40.8 Å². The molecule has 0 radical (unpaired) electrons. The Morgan fingerprint density at radius 3 is 2.39 bits per heavy atom. The van der Waals surface area contributed by atoms with Gasteiger partial charge in [-0.2, -0.15) is 0 Å². The highest BCUT2D eigenvalue weighted by molar-refractivity contribution is 6.46. The third kappa shape index (κ3) is 4.16. The number of methoxy groups -OCH3 is 1. The molecule has 1 amide bonds. The topological polar surface area (TPSA) is 80.0 Å². The van der Waals surface area contributed by atoms with Gasteiger partial charge < -0.3 is 19.2 Å². The summed E-state index contributed by atoms with van der Waals surface area (Å²) in [6.45, 7) is 6.29. The van der Waals surface area contributed by atoms with Crippen molar-refractivity contribution in [2.45, 2.75) is 38.8 Å². The minimum Gasteiger partial charge on any atom is -0.507 e. The summed E-state index contributed by atoms with van der Waals surface area (Å²) in [4.78, 5) is 27.8. The molecule has 3 aromatic rings. The Morgan fingerprint density at radius 1 is 1.06 bits per heavy atom. The molecule has 1 aliphatic heterocycles. The van der Waals surface area contributed by atoms with E-state index in [0.717, 1.165) is 11.1 Å². The predicted molar refractivity (Wildman–Crippen MR) is 125 cm³/mol. The number of amides is 1. The third-order valence-corrected chi connectivity index (χ3v) is 5.88. The van der Waals surface area contributed by atoms with E-state index in [1.165, 1.54) is 18.3 Å². The lowest BCUT2D eigenvalue weighted by atomic mass is 9.85. The molecule has 170 valence electrons. The second kappa shape index (κ2) is 8.62. The first kappa shape index (κ1) is 22.4. The number of aliphatic hydroxyl groups is 1. The summed E-state index contributed by atoms with van der Waals surface area (Å²) in [6, 6.07) is 17.4. The molecule has 6 nitrogen and oxygen atoms in total. The number of Topliss-reactive ketones (excluding diaryl/α,β-unsaturated/α-hetero) is 1. The average Bonchev–Trinajstić information content (AvgIpc) is 3.40. The normalized spacial score (nSPS) is 18.1. The van der Waals surface area contributed by atoms with Gasteiger partial charge in [0.15, 0.2) is 0 Å². The molecule has 1 aromatic heterocycles. The van der Waals surface area contributed by atoms with Crippen molar-refractivity contribution in [2.24, 2.45) is 0 Å². The number of aliphatic hydroxyl groups excluding tert-OH is 1. The van der Waals surface area contributed by atoms with Crippen LogP contribution in [0.1, 0.15) is 49.3 Å². The number of ether oxygens (including phenoxy) is 1. The Kier molecular flexibility index (Phi) is 5.85. The van der Waals surface area contributed by atoms with Crippen molar-refractivity contribution in [1.82, 2.24) is 4.90 Å². The van der Waals surface area contributed by atoms with Gasteiger partial charge in [-0.25, -0.2) is 0 Å². The van der Waals surface area contributed by atoms with Crippen molar-refractivity contribution in [3.05, 3.63) is 95.0 Å². The summed E-state index contributed by atoms with van der Waals surface area (Å²) in [5.74, 6) is -0.717. The molecule has 1 atom stereocenters. The van der Waals surface area contributed by atoms with Crippen LogP contribution in [0.25, 0.3) is 5.76 Å². The smallest absolute Gasteiger partial charge is 0.296 e. The number of carbonyl (C=O) groups excluding carboxylic acids is 2. The number of hydrogen-bond donors (Lipinski definition) is 1. The molecule has 0 spiro atoms. The first-order valence-corrected chi connectivity index (χ1v) is 10.8. The SMILES string of the molecule is COc1ccc(C(C)(C)C)cc1/C(O)=C1\C(=O)C(=O)N(Cc2ccco2)C1c1ccccc1. The summed E-state index contributed by atoms with van der Waals surface area (Å²) < 4.78 is 10.9. The Hall–Kier alpha value is -3.80. The number of furan rings is 1. The Bertz CT molecular complexity index is 1200. The maximum absolute atomic E-state index is 13.2. The van der Waals surface area contributed by atoms with Gasteiger partial charge in [-0.1, -0.05) is 57.2 Å². The highest BCUT2D eigenvalue weighted by Gasteiger charge is 2.46. The van der Waals surface area contributed by atoms with E-state index in [0.29, 0.717) is 17.1 Å². The van der Waals surface area contributed by atoms with Crippen molar-refractivity contribution in [2.75, 3.05) is 7.11 Å². The van der Waals surface area contributed by atoms with E-state index < -0.39 is 17.7 Å². The van der Waals surface area contributed by atoms with Crippen LogP contribution in [0, 0.1) is 0 Å². The highest BCUT2D eigenvalue weighted by atomic mass is 16.5. The van der Waals surface area contributed by atoms with Crippen molar-refractivity contribution < 1.29 is 23.8 Å². The summed E-state index contributed by atoms with van der Waals surface area (Å²) in [7, 11) is 1.51. The van der Waals surface area contributed by atoms with Crippen LogP contribution in [0.5, 0.6) is 5.75 Å². The van der Waals surface area contributed by atoms with E-state index in [2.05, 4.69) is 20.8 Å². The van der Waals surface area contributed by atoms with Gasteiger partial charge in [0.1, 0.15) is 17.3 Å². The summed E-state index contributed by atoms with van der Waals surface area (Å²) in [5.41, 5.74) is 1.90. The number of ketones is 1. The number of nitrogens with zero attached hydrogens (tertiary/aromatic N) is 1. The minimum atomic E-state index is -0.765. The van der Waals surface area contributed by atoms with Gasteiger partial charge in [0.25, 0.3) is 11.7 Å². The zero-order valence-electron chi connectivity index (χ0n) is 19.2. The van der Waals surface area contributed by atoms with E-state index in [1.807, 2.05) is 42.5 Å². The fourth-order valence-electron chi connectivity index (χ4n) is 4.10. The third-order valence-electron chi connectivity index (χ3n) is 5.88. The Balaban J connectivity index is 1.92. The molecular weight excluding hydrogens is 418 g/mol. The maximum atomic E-state index is 13.2. The Morgan fingerprint density at radius 2 is 1.79 bits per heavy atom. The van der Waals surface area contributed by atoms with Crippen LogP contribution in [0.4, 0.5) is 0 Å². The van der Waals surface area contributed by atoms with Crippen LogP contribution < -0.4 is 4.74 Å². The van der Waals surface area contributed by atoms with Gasteiger partial charge in [-0.15, -0.1) is 0 Å². The molecule has 6 heteroatoms. The van der Waals surface area contributed by atoms with Crippen molar-refractivity contribution in [3.63, 3.8) is 0 Å². The minimum absolute atomic E-state index is 0.0297. The lowest BCUT2D eigenvalue weighted by molar-refractivity contribution is -0.140. The summed E-state index contributed by atoms with van der Waals surface area (Å²) >= 11 is 0. The van der Waals surface area contributed by atoms with Crippen LogP contribution in [-0.2, 0) is 21.5 Å². The van der Waals surface area contributed by atoms with Gasteiger partial charge in [-0.3, -0.25) is 9.59 Å². The molecule has 2 heterocycles. The molecule has 33 heavy (non-hydrogen) atoms. The van der Waals surface area contributed by atoms with Crippen LogP contribution in [-0.4, -0.2) is 28.8 Å². The molecule has 4 rings (SSSR count). The standard InChI is InChI=1S/C27H27NO5/c1-27(2,3)18-12-13-21(32-4)20(15-18)24(29)22-23(17-9-6-5-7-10-17)28(26(31)25(22)30)16-19-11-8-14-33-19/h5-15,23,29H,16H2,1-4H3/b24-22+. The molecule has 1 unspecified atom stereocenters. The van der Waals surface area contributed by atoms with E-state index in [4.69, 9.17) is 9.15 Å². The number of carbonyl (C=O) groups is 2. The zero-order valence-corrected chi connectivity index (χ0v) is 19.2. The first-order chi connectivity index (χ1) is 15.7. The van der Waals surface area contributed by atoms with E-state index in [9.17, 15) is 14.7 Å². The fraction of sp³-hybridized carbons (Fsp3) is 0.259. The molecule has 0 saturated carbocycles. The number of rotatable bonds is 5. The van der Waals surface area contributed by atoms with E-state index in [1.54, 1.807) is 18.2 Å². The molecule has 1 aliphatic rings. The van der Waals surface area contributed by atoms with Crippen molar-refractivity contribution >= 4 is 17.4 Å². The monoisotopic (exact) mass is 445 g/mol. The summed E-state index contributed by atoms with van der Waals surface area (Å²) in [5, 5.41) is 11.5. The lowest BCUT2D eigenvalue weighted by Gasteiger charge is -2.25. The van der Waals surface area contributed by atoms with Gasteiger partial charge in [0.2, 0.25) is 0 Å². The predicted octanol–water partition coefficient (Wildman–Crippen LogP) is 5.21. The maximum Gasteiger partial charge on any atom is 0.296 e. The number of likely N-dealkylation sites (tertiary alicyclic amines) is 1. The second-order valence-corrected chi connectivity index (χ2v) is 9.08. The van der Waals surface area contributed by atoms with Gasteiger partial charge in [0.05, 0.1) is 37.1 Å². The molecule has 1 N–H and O–H groups in total. The molecule has 0 bridgehead atoms. The number of benzene rings is 2. The molecule has 1 fully saturated rings. The van der Waals surface area contributed by atoms with Crippen LogP contribution in [0.2, 0.25) is 0 Å².